The Bertz CT molecular complexity index is 179. The number of hydrogen-bond acceptors (Lipinski definition) is 3. The zero-order valence-electron chi connectivity index (χ0n) is 7.59. The van der Waals surface area contributed by atoms with Crippen molar-refractivity contribution < 1.29 is 0 Å². The van der Waals surface area contributed by atoms with Gasteiger partial charge < -0.3 is 10.2 Å². The van der Waals surface area contributed by atoms with E-state index in [-0.39, 0.29) is 0 Å². The van der Waals surface area contributed by atoms with Gasteiger partial charge in [0.1, 0.15) is 0 Å². The van der Waals surface area contributed by atoms with E-state index >= 15 is 0 Å². The average molecular weight is 167 g/mol. The van der Waals surface area contributed by atoms with Gasteiger partial charge in [-0.15, -0.1) is 0 Å². The van der Waals surface area contributed by atoms with Gasteiger partial charge in [0.05, 0.1) is 6.17 Å². The van der Waals surface area contributed by atoms with E-state index in [1.807, 2.05) is 0 Å². The third-order valence-electron chi connectivity index (χ3n) is 2.82. The lowest BCUT2D eigenvalue weighted by atomic mass is 10.0. The van der Waals surface area contributed by atoms with Crippen LogP contribution in [0, 0.1) is 0 Å². The van der Waals surface area contributed by atoms with Crippen LogP contribution in [0.2, 0.25) is 0 Å². The fourth-order valence-corrected chi connectivity index (χ4v) is 2.02. The molecule has 0 radical (unpaired) electrons. The van der Waals surface area contributed by atoms with Gasteiger partial charge >= 0.3 is 0 Å². The molecular formula is C9H17N3. The van der Waals surface area contributed by atoms with Crippen molar-refractivity contribution in [2.45, 2.75) is 25.0 Å². The Morgan fingerprint density at radius 1 is 1.58 bits per heavy atom. The lowest BCUT2D eigenvalue weighted by Gasteiger charge is -2.41. The van der Waals surface area contributed by atoms with Crippen LogP contribution in [0.3, 0.4) is 0 Å². The van der Waals surface area contributed by atoms with Gasteiger partial charge in [-0.3, -0.25) is 5.32 Å². The van der Waals surface area contributed by atoms with Crippen LogP contribution >= 0.6 is 0 Å². The Balaban J connectivity index is 1.96. The Morgan fingerprint density at radius 3 is 3.33 bits per heavy atom. The minimum atomic E-state index is 0.571. The molecule has 1 fully saturated rings. The quantitative estimate of drug-likeness (QED) is 0.580. The molecule has 68 valence electrons. The molecular weight excluding hydrogens is 150 g/mol. The van der Waals surface area contributed by atoms with Gasteiger partial charge in [0.25, 0.3) is 0 Å². The standard InChI is InChI=1S/C9H17N3/c1-10-8-3-6-12-5-2-4-11-9(12)7-8/h2,5,8-11H,3-4,6-7H2,1H3. The molecule has 3 heteroatoms. The van der Waals surface area contributed by atoms with Gasteiger partial charge in [-0.05, 0) is 26.1 Å². The molecule has 2 aliphatic rings. The van der Waals surface area contributed by atoms with Crippen molar-refractivity contribution in [1.82, 2.24) is 15.5 Å². The fraction of sp³-hybridized carbons (Fsp3) is 0.778. The summed E-state index contributed by atoms with van der Waals surface area (Å²) in [5.41, 5.74) is 0. The molecule has 0 amide bonds. The maximum absolute atomic E-state index is 3.48. The van der Waals surface area contributed by atoms with Crippen molar-refractivity contribution >= 4 is 0 Å². The van der Waals surface area contributed by atoms with E-state index in [1.54, 1.807) is 0 Å². The van der Waals surface area contributed by atoms with Crippen LogP contribution in [0.15, 0.2) is 12.3 Å². The summed E-state index contributed by atoms with van der Waals surface area (Å²) in [4.78, 5) is 2.40. The van der Waals surface area contributed by atoms with E-state index in [9.17, 15) is 0 Å². The Hall–Kier alpha value is -0.540. The highest BCUT2D eigenvalue weighted by Gasteiger charge is 2.26. The lowest BCUT2D eigenvalue weighted by molar-refractivity contribution is 0.148. The molecule has 0 aliphatic carbocycles. The van der Waals surface area contributed by atoms with Crippen molar-refractivity contribution in [3.05, 3.63) is 12.3 Å². The van der Waals surface area contributed by atoms with Gasteiger partial charge in [0, 0.05) is 19.1 Å². The largest absolute Gasteiger partial charge is 0.362 e. The molecule has 2 atom stereocenters. The predicted octanol–water partition coefficient (Wildman–Crippen LogP) is 0.113. The van der Waals surface area contributed by atoms with Crippen LogP contribution in [-0.2, 0) is 0 Å². The fourth-order valence-electron chi connectivity index (χ4n) is 2.02. The van der Waals surface area contributed by atoms with Crippen LogP contribution in [-0.4, -0.2) is 37.2 Å². The summed E-state index contributed by atoms with van der Waals surface area (Å²) < 4.78 is 0. The van der Waals surface area contributed by atoms with Crippen molar-refractivity contribution in [1.29, 1.82) is 0 Å². The van der Waals surface area contributed by atoms with Crippen LogP contribution in [0.25, 0.3) is 0 Å². The molecule has 3 nitrogen and oxygen atoms in total. The summed E-state index contributed by atoms with van der Waals surface area (Å²) in [6.07, 6.45) is 7.48. The third kappa shape index (κ3) is 1.47. The van der Waals surface area contributed by atoms with Crippen LogP contribution < -0.4 is 10.6 Å². The second-order valence-corrected chi connectivity index (χ2v) is 3.56. The predicted molar refractivity (Wildman–Crippen MR) is 49.7 cm³/mol. The monoisotopic (exact) mass is 167 g/mol. The Labute approximate surface area is 73.8 Å². The van der Waals surface area contributed by atoms with Gasteiger partial charge in [0.15, 0.2) is 0 Å². The minimum Gasteiger partial charge on any atom is -0.362 e. The maximum atomic E-state index is 3.48. The van der Waals surface area contributed by atoms with E-state index in [1.165, 1.54) is 19.4 Å². The highest BCUT2D eigenvalue weighted by molar-refractivity contribution is 4.97. The molecule has 2 heterocycles. The van der Waals surface area contributed by atoms with Gasteiger partial charge in [-0.2, -0.15) is 0 Å². The summed E-state index contributed by atoms with van der Waals surface area (Å²) in [5.74, 6) is 0. The summed E-state index contributed by atoms with van der Waals surface area (Å²) in [6, 6.07) is 0.699. The molecule has 2 rings (SSSR count). The molecule has 0 aromatic rings. The first-order valence-electron chi connectivity index (χ1n) is 4.73. The number of nitrogens with zero attached hydrogens (tertiary/aromatic N) is 1. The summed E-state index contributed by atoms with van der Waals surface area (Å²) in [6.45, 7) is 2.21. The Morgan fingerprint density at radius 2 is 2.50 bits per heavy atom. The van der Waals surface area contributed by atoms with Crippen LogP contribution in [0.1, 0.15) is 12.8 Å². The average Bonchev–Trinajstić information content (AvgIpc) is 2.17. The molecule has 1 saturated heterocycles. The maximum Gasteiger partial charge on any atom is 0.0807 e. The van der Waals surface area contributed by atoms with Crippen molar-refractivity contribution in [2.24, 2.45) is 0 Å². The van der Waals surface area contributed by atoms with Gasteiger partial charge in [-0.1, -0.05) is 6.08 Å². The third-order valence-corrected chi connectivity index (χ3v) is 2.82. The molecule has 2 N–H and O–H groups in total. The first-order valence-corrected chi connectivity index (χ1v) is 4.73. The molecule has 0 aromatic heterocycles. The van der Waals surface area contributed by atoms with Gasteiger partial charge in [0.2, 0.25) is 0 Å². The van der Waals surface area contributed by atoms with Gasteiger partial charge in [-0.25, -0.2) is 0 Å². The van der Waals surface area contributed by atoms with E-state index < -0.39 is 0 Å². The molecule has 0 spiro atoms. The smallest absolute Gasteiger partial charge is 0.0807 e. The summed E-state index contributed by atoms with van der Waals surface area (Å²) in [7, 11) is 2.05. The highest BCUT2D eigenvalue weighted by atomic mass is 15.3. The number of fused-ring (bicyclic) bond motifs is 1. The topological polar surface area (TPSA) is 27.3 Å². The van der Waals surface area contributed by atoms with Crippen molar-refractivity contribution in [3.63, 3.8) is 0 Å². The van der Waals surface area contributed by atoms with E-state index in [2.05, 4.69) is 34.9 Å². The lowest BCUT2D eigenvalue weighted by Crippen LogP contribution is -2.53. The number of piperidine rings is 1. The molecule has 2 aliphatic heterocycles. The minimum absolute atomic E-state index is 0.571. The van der Waals surface area contributed by atoms with E-state index in [0.717, 1.165) is 6.54 Å². The number of nitrogens with one attached hydrogen (secondary N) is 2. The van der Waals surface area contributed by atoms with Crippen molar-refractivity contribution in [2.75, 3.05) is 20.1 Å². The molecule has 0 saturated carbocycles. The van der Waals surface area contributed by atoms with Crippen LogP contribution in [0.5, 0.6) is 0 Å². The second kappa shape index (κ2) is 3.46. The second-order valence-electron chi connectivity index (χ2n) is 3.56. The number of rotatable bonds is 1. The van der Waals surface area contributed by atoms with E-state index in [4.69, 9.17) is 0 Å². The highest BCUT2D eigenvalue weighted by Crippen LogP contribution is 2.17. The number of hydrogen-bond donors (Lipinski definition) is 2. The SMILES string of the molecule is CNC1CCN2C=CCNC2C1. The molecule has 12 heavy (non-hydrogen) atoms. The summed E-state index contributed by atoms with van der Waals surface area (Å²) >= 11 is 0. The zero-order chi connectivity index (χ0) is 8.39. The van der Waals surface area contributed by atoms with Crippen LogP contribution in [0.4, 0.5) is 0 Å². The molecule has 2 unspecified atom stereocenters. The summed E-state index contributed by atoms with van der Waals surface area (Å²) in [5, 5.41) is 6.83. The first-order chi connectivity index (χ1) is 5.90. The molecule has 0 bridgehead atoms. The normalized spacial score (nSPS) is 34.9. The Kier molecular flexibility index (Phi) is 2.33. The van der Waals surface area contributed by atoms with Crippen molar-refractivity contribution in [3.8, 4) is 0 Å². The van der Waals surface area contributed by atoms with E-state index in [0.29, 0.717) is 12.2 Å². The first kappa shape index (κ1) is 8.08. The molecule has 0 aromatic carbocycles. The zero-order valence-corrected chi connectivity index (χ0v) is 7.59.